The molecule has 1 aliphatic rings. The normalized spacial score (nSPS) is 18.0. The van der Waals surface area contributed by atoms with Crippen molar-refractivity contribution in [1.29, 1.82) is 5.26 Å². The molecule has 1 saturated heterocycles. The summed E-state index contributed by atoms with van der Waals surface area (Å²) in [6, 6.07) is 3.98. The van der Waals surface area contributed by atoms with Crippen LogP contribution in [0.15, 0.2) is 16.6 Å². The Bertz CT molecular complexity index is 472. The lowest BCUT2D eigenvalue weighted by atomic mass is 10.0. The second-order valence-corrected chi connectivity index (χ2v) is 5.36. The van der Waals surface area contributed by atoms with Gasteiger partial charge in [-0.3, -0.25) is 4.90 Å². The van der Waals surface area contributed by atoms with E-state index in [9.17, 15) is 8.78 Å². The quantitative estimate of drug-likeness (QED) is 0.926. The van der Waals surface area contributed by atoms with Gasteiger partial charge in [-0.2, -0.15) is 5.26 Å². The first-order valence-electron chi connectivity index (χ1n) is 6.09. The topological polar surface area (TPSA) is 39.1 Å². The second kappa shape index (κ2) is 6.42. The maximum absolute atomic E-state index is 14.0. The molecule has 0 spiro atoms. The SMILES string of the molecule is N#CC[C@@H](c1c(F)cc(Br)cc1F)N1CCNCC1. The van der Waals surface area contributed by atoms with Crippen molar-refractivity contribution in [3.8, 4) is 6.07 Å². The fourth-order valence-corrected chi connectivity index (χ4v) is 2.77. The number of halogens is 3. The number of nitrogens with zero attached hydrogens (tertiary/aromatic N) is 2. The van der Waals surface area contributed by atoms with Crippen LogP contribution >= 0.6 is 15.9 Å². The van der Waals surface area contributed by atoms with Crippen molar-refractivity contribution in [3.05, 3.63) is 33.8 Å². The Morgan fingerprint density at radius 1 is 1.32 bits per heavy atom. The van der Waals surface area contributed by atoms with Crippen LogP contribution in [0, 0.1) is 23.0 Å². The van der Waals surface area contributed by atoms with Crippen LogP contribution in [-0.2, 0) is 0 Å². The standard InChI is InChI=1S/C13H14BrF2N3/c14-9-7-10(15)13(11(16)8-9)12(1-2-17)19-5-3-18-4-6-19/h7-8,12,18H,1,3-6H2/t12-/m0/s1. The molecule has 2 rings (SSSR count). The largest absolute Gasteiger partial charge is 0.314 e. The number of rotatable bonds is 3. The molecule has 102 valence electrons. The molecular formula is C13H14BrF2N3. The molecule has 3 nitrogen and oxygen atoms in total. The molecule has 0 bridgehead atoms. The van der Waals surface area contributed by atoms with Gasteiger partial charge < -0.3 is 5.32 Å². The van der Waals surface area contributed by atoms with Gasteiger partial charge in [-0.05, 0) is 12.1 Å². The average molecular weight is 330 g/mol. The van der Waals surface area contributed by atoms with Crippen molar-refractivity contribution in [3.63, 3.8) is 0 Å². The summed E-state index contributed by atoms with van der Waals surface area (Å²) >= 11 is 3.06. The van der Waals surface area contributed by atoms with Crippen molar-refractivity contribution in [2.45, 2.75) is 12.5 Å². The van der Waals surface area contributed by atoms with Gasteiger partial charge in [-0.15, -0.1) is 0 Å². The Morgan fingerprint density at radius 3 is 2.42 bits per heavy atom. The smallest absolute Gasteiger partial charge is 0.132 e. The molecule has 1 heterocycles. The van der Waals surface area contributed by atoms with Gasteiger partial charge in [0.25, 0.3) is 0 Å². The van der Waals surface area contributed by atoms with Crippen LogP contribution in [0.5, 0.6) is 0 Å². The third-order valence-electron chi connectivity index (χ3n) is 3.25. The summed E-state index contributed by atoms with van der Waals surface area (Å²) in [7, 11) is 0. The number of nitriles is 1. The van der Waals surface area contributed by atoms with E-state index in [0.29, 0.717) is 17.6 Å². The van der Waals surface area contributed by atoms with Gasteiger partial charge in [-0.25, -0.2) is 8.78 Å². The maximum Gasteiger partial charge on any atom is 0.132 e. The first-order valence-corrected chi connectivity index (χ1v) is 6.89. The molecule has 1 N–H and O–H groups in total. The van der Waals surface area contributed by atoms with Crippen molar-refractivity contribution >= 4 is 15.9 Å². The molecule has 1 aromatic carbocycles. The van der Waals surface area contributed by atoms with E-state index in [4.69, 9.17) is 5.26 Å². The van der Waals surface area contributed by atoms with Gasteiger partial charge >= 0.3 is 0 Å². The summed E-state index contributed by atoms with van der Waals surface area (Å²) in [6.45, 7) is 2.89. The summed E-state index contributed by atoms with van der Waals surface area (Å²) in [5.74, 6) is -1.21. The fraction of sp³-hybridized carbons (Fsp3) is 0.462. The zero-order chi connectivity index (χ0) is 13.8. The van der Waals surface area contributed by atoms with Crippen molar-refractivity contribution in [2.75, 3.05) is 26.2 Å². The Balaban J connectivity index is 2.36. The molecule has 0 unspecified atom stereocenters. The van der Waals surface area contributed by atoms with Crippen LogP contribution in [-0.4, -0.2) is 31.1 Å². The van der Waals surface area contributed by atoms with Crippen molar-refractivity contribution < 1.29 is 8.78 Å². The molecule has 1 fully saturated rings. The van der Waals surface area contributed by atoms with E-state index in [1.54, 1.807) is 0 Å². The first kappa shape index (κ1) is 14.4. The predicted molar refractivity (Wildman–Crippen MR) is 71.5 cm³/mol. The molecule has 6 heteroatoms. The van der Waals surface area contributed by atoms with Crippen LogP contribution < -0.4 is 5.32 Å². The van der Waals surface area contributed by atoms with Gasteiger partial charge in [0.1, 0.15) is 11.6 Å². The van der Waals surface area contributed by atoms with E-state index in [1.165, 1.54) is 12.1 Å². The molecular weight excluding hydrogens is 316 g/mol. The molecule has 0 aliphatic carbocycles. The third-order valence-corrected chi connectivity index (χ3v) is 3.71. The minimum atomic E-state index is -0.606. The number of nitrogens with one attached hydrogen (secondary N) is 1. The van der Waals surface area contributed by atoms with E-state index in [0.717, 1.165) is 13.1 Å². The van der Waals surface area contributed by atoms with Crippen LogP contribution in [0.3, 0.4) is 0 Å². The zero-order valence-corrected chi connectivity index (χ0v) is 11.9. The minimum Gasteiger partial charge on any atom is -0.314 e. The number of piperazine rings is 1. The van der Waals surface area contributed by atoms with E-state index in [2.05, 4.69) is 21.2 Å². The Kier molecular flexibility index (Phi) is 4.86. The second-order valence-electron chi connectivity index (χ2n) is 4.45. The summed E-state index contributed by atoms with van der Waals surface area (Å²) < 4.78 is 28.4. The number of hydrogen-bond acceptors (Lipinski definition) is 3. The van der Waals surface area contributed by atoms with Crippen LogP contribution in [0.4, 0.5) is 8.78 Å². The van der Waals surface area contributed by atoms with Crippen molar-refractivity contribution in [1.82, 2.24) is 10.2 Å². The van der Waals surface area contributed by atoms with Gasteiger partial charge in [0.05, 0.1) is 18.5 Å². The molecule has 1 atom stereocenters. The highest BCUT2D eigenvalue weighted by Gasteiger charge is 2.27. The van der Waals surface area contributed by atoms with E-state index >= 15 is 0 Å². The predicted octanol–water partition coefficient (Wildman–Crippen LogP) is 2.59. The summed E-state index contributed by atoms with van der Waals surface area (Å²) in [5, 5.41) is 12.1. The van der Waals surface area contributed by atoms with Gasteiger partial charge in [0.15, 0.2) is 0 Å². The number of benzene rings is 1. The summed E-state index contributed by atoms with van der Waals surface area (Å²) in [4.78, 5) is 1.95. The monoisotopic (exact) mass is 329 g/mol. The molecule has 19 heavy (non-hydrogen) atoms. The molecule has 0 radical (unpaired) electrons. The lowest BCUT2D eigenvalue weighted by Gasteiger charge is -2.34. The highest BCUT2D eigenvalue weighted by atomic mass is 79.9. The van der Waals surface area contributed by atoms with Crippen LogP contribution in [0.25, 0.3) is 0 Å². The molecule has 0 aromatic heterocycles. The van der Waals surface area contributed by atoms with E-state index < -0.39 is 17.7 Å². The van der Waals surface area contributed by atoms with E-state index in [1.807, 2.05) is 11.0 Å². The highest BCUT2D eigenvalue weighted by molar-refractivity contribution is 9.10. The van der Waals surface area contributed by atoms with Gasteiger partial charge in [0, 0.05) is 36.2 Å². The van der Waals surface area contributed by atoms with Crippen LogP contribution in [0.2, 0.25) is 0 Å². The molecule has 1 aliphatic heterocycles. The Morgan fingerprint density at radius 2 is 1.89 bits per heavy atom. The highest BCUT2D eigenvalue weighted by Crippen LogP contribution is 2.31. The first-order chi connectivity index (χ1) is 9.13. The van der Waals surface area contributed by atoms with E-state index in [-0.39, 0.29) is 12.0 Å². The lowest BCUT2D eigenvalue weighted by Crippen LogP contribution is -2.45. The lowest BCUT2D eigenvalue weighted by molar-refractivity contribution is 0.169. The van der Waals surface area contributed by atoms with Gasteiger partial charge in [-0.1, -0.05) is 15.9 Å². The van der Waals surface area contributed by atoms with Gasteiger partial charge in [0.2, 0.25) is 0 Å². The molecule has 1 aromatic rings. The summed E-state index contributed by atoms with van der Waals surface area (Å²) in [5.41, 5.74) is -0.00773. The summed E-state index contributed by atoms with van der Waals surface area (Å²) in [6.07, 6.45) is 0.0788. The third kappa shape index (κ3) is 3.30. The molecule has 0 saturated carbocycles. The molecule has 0 amide bonds. The average Bonchev–Trinajstić information content (AvgIpc) is 2.37. The fourth-order valence-electron chi connectivity index (χ4n) is 2.37. The van der Waals surface area contributed by atoms with Crippen LogP contribution in [0.1, 0.15) is 18.0 Å². The Hall–Kier alpha value is -1.03. The maximum atomic E-state index is 14.0. The number of hydrogen-bond donors (Lipinski definition) is 1. The Labute approximate surface area is 119 Å². The minimum absolute atomic E-state index is 0.00773. The zero-order valence-electron chi connectivity index (χ0n) is 10.3. The van der Waals surface area contributed by atoms with Crippen molar-refractivity contribution in [2.24, 2.45) is 0 Å².